The van der Waals surface area contributed by atoms with E-state index in [9.17, 15) is 4.79 Å². The highest BCUT2D eigenvalue weighted by molar-refractivity contribution is 5.75. The average Bonchev–Trinajstić information content (AvgIpc) is 2.88. The van der Waals surface area contributed by atoms with Gasteiger partial charge >= 0.3 is 0 Å². The molecule has 0 aromatic heterocycles. The molecule has 0 heterocycles. The van der Waals surface area contributed by atoms with Crippen molar-refractivity contribution in [1.29, 1.82) is 0 Å². The van der Waals surface area contributed by atoms with Crippen LogP contribution in [0.4, 0.5) is 0 Å². The first-order valence-electron chi connectivity index (χ1n) is 7.34. The van der Waals surface area contributed by atoms with E-state index in [1.807, 2.05) is 6.07 Å². The lowest BCUT2D eigenvalue weighted by Crippen LogP contribution is -2.30. The van der Waals surface area contributed by atoms with Crippen molar-refractivity contribution in [2.24, 2.45) is 0 Å². The number of carbonyl (C=O) groups is 1. The molecular weight excluding hydrogens is 254 g/mol. The van der Waals surface area contributed by atoms with Crippen LogP contribution in [0, 0.1) is 0 Å². The Hall–Kier alpha value is -1.55. The van der Waals surface area contributed by atoms with Crippen molar-refractivity contribution in [2.45, 2.75) is 45.1 Å². The summed E-state index contributed by atoms with van der Waals surface area (Å²) in [5.41, 5.74) is 2.84. The zero-order valence-electron chi connectivity index (χ0n) is 12.0. The van der Waals surface area contributed by atoms with Crippen molar-refractivity contribution in [3.63, 3.8) is 0 Å². The number of benzene rings is 1. The molecule has 1 aromatic carbocycles. The first-order chi connectivity index (χ1) is 9.65. The van der Waals surface area contributed by atoms with Gasteiger partial charge in [0.05, 0.1) is 12.7 Å². The number of fused-ring (bicyclic) bond motifs is 1. The molecule has 20 heavy (non-hydrogen) atoms. The van der Waals surface area contributed by atoms with E-state index in [1.165, 1.54) is 24.0 Å². The maximum absolute atomic E-state index is 11.4. The van der Waals surface area contributed by atoms with Crippen LogP contribution in [0.25, 0.3) is 0 Å². The van der Waals surface area contributed by atoms with Crippen molar-refractivity contribution in [3.8, 4) is 5.75 Å². The molecule has 2 N–H and O–H groups in total. The van der Waals surface area contributed by atoms with Crippen molar-refractivity contribution < 1.29 is 14.6 Å². The molecule has 0 spiro atoms. The molecule has 1 aliphatic carbocycles. The second-order valence-corrected chi connectivity index (χ2v) is 5.39. The van der Waals surface area contributed by atoms with Crippen LogP contribution in [0.3, 0.4) is 0 Å². The van der Waals surface area contributed by atoms with Gasteiger partial charge < -0.3 is 15.2 Å². The molecule has 4 nitrogen and oxygen atoms in total. The molecule has 1 aliphatic rings. The molecule has 1 aromatic rings. The quantitative estimate of drug-likeness (QED) is 0.748. The molecular formula is C16H23NO3. The van der Waals surface area contributed by atoms with Gasteiger partial charge in [-0.2, -0.15) is 0 Å². The van der Waals surface area contributed by atoms with Gasteiger partial charge in [0, 0.05) is 13.0 Å². The van der Waals surface area contributed by atoms with Gasteiger partial charge in [-0.25, -0.2) is 0 Å². The summed E-state index contributed by atoms with van der Waals surface area (Å²) in [6.07, 6.45) is 4.18. The van der Waals surface area contributed by atoms with E-state index in [-0.39, 0.29) is 5.91 Å². The van der Waals surface area contributed by atoms with E-state index in [0.717, 1.165) is 12.2 Å². The third-order valence-corrected chi connectivity index (χ3v) is 3.48. The average molecular weight is 277 g/mol. The molecule has 0 fully saturated rings. The Bertz CT molecular complexity index is 457. The molecule has 0 bridgehead atoms. The number of hydrogen-bond acceptors (Lipinski definition) is 3. The van der Waals surface area contributed by atoms with Crippen LogP contribution in [0.1, 0.15) is 37.3 Å². The van der Waals surface area contributed by atoms with Crippen LogP contribution < -0.4 is 10.1 Å². The maximum atomic E-state index is 11.4. The van der Waals surface area contributed by atoms with Gasteiger partial charge in [-0.15, -0.1) is 0 Å². The van der Waals surface area contributed by atoms with E-state index in [0.29, 0.717) is 26.0 Å². The summed E-state index contributed by atoms with van der Waals surface area (Å²) in [7, 11) is 0. The third kappa shape index (κ3) is 4.53. The van der Waals surface area contributed by atoms with Crippen LogP contribution in [0.5, 0.6) is 5.75 Å². The lowest BCUT2D eigenvalue weighted by molar-refractivity contribution is -0.121. The second kappa shape index (κ2) is 7.29. The van der Waals surface area contributed by atoms with Crippen LogP contribution in [0.2, 0.25) is 0 Å². The molecule has 4 heteroatoms. The molecule has 1 amide bonds. The lowest BCUT2D eigenvalue weighted by Gasteiger charge is -2.09. The summed E-state index contributed by atoms with van der Waals surface area (Å²) < 4.78 is 5.68. The minimum atomic E-state index is -0.499. The van der Waals surface area contributed by atoms with E-state index in [1.54, 1.807) is 6.92 Å². The van der Waals surface area contributed by atoms with Gasteiger partial charge in [0.1, 0.15) is 5.75 Å². The fraction of sp³-hybridized carbons (Fsp3) is 0.562. The maximum Gasteiger partial charge on any atom is 0.220 e. The minimum absolute atomic E-state index is 0.0385. The van der Waals surface area contributed by atoms with Crippen LogP contribution in [-0.2, 0) is 17.6 Å². The number of nitrogens with one attached hydrogen (secondary N) is 1. The van der Waals surface area contributed by atoms with Gasteiger partial charge in [-0.1, -0.05) is 6.07 Å². The first-order valence-corrected chi connectivity index (χ1v) is 7.34. The minimum Gasteiger partial charge on any atom is -0.494 e. The summed E-state index contributed by atoms with van der Waals surface area (Å²) >= 11 is 0. The number of aliphatic hydroxyl groups is 1. The van der Waals surface area contributed by atoms with E-state index >= 15 is 0 Å². The Morgan fingerprint density at radius 3 is 3.00 bits per heavy atom. The van der Waals surface area contributed by atoms with Crippen LogP contribution in [-0.4, -0.2) is 30.3 Å². The molecule has 0 radical (unpaired) electrons. The van der Waals surface area contributed by atoms with Crippen molar-refractivity contribution in [2.75, 3.05) is 13.2 Å². The summed E-state index contributed by atoms with van der Waals surface area (Å²) in [6, 6.07) is 6.28. The molecule has 1 atom stereocenters. The van der Waals surface area contributed by atoms with Crippen molar-refractivity contribution >= 4 is 5.91 Å². The predicted octanol–water partition coefficient (Wildman–Crippen LogP) is 1.83. The Morgan fingerprint density at radius 2 is 2.20 bits per heavy atom. The topological polar surface area (TPSA) is 58.6 Å². The number of carbonyl (C=O) groups excluding carboxylic acids is 1. The zero-order valence-corrected chi connectivity index (χ0v) is 12.0. The summed E-state index contributed by atoms with van der Waals surface area (Å²) in [6.45, 7) is 2.50. The Balaban J connectivity index is 1.65. The Labute approximate surface area is 120 Å². The van der Waals surface area contributed by atoms with Gasteiger partial charge in [-0.05, 0) is 55.9 Å². The SMILES string of the molecule is CC(O)CNC(=O)CCCOc1ccc2c(c1)CCC2. The number of hydrogen-bond donors (Lipinski definition) is 2. The Morgan fingerprint density at radius 1 is 1.40 bits per heavy atom. The normalized spacial score (nSPS) is 14.7. The monoisotopic (exact) mass is 277 g/mol. The fourth-order valence-electron chi connectivity index (χ4n) is 2.41. The van der Waals surface area contributed by atoms with E-state index < -0.39 is 6.10 Å². The van der Waals surface area contributed by atoms with Gasteiger partial charge in [0.25, 0.3) is 0 Å². The van der Waals surface area contributed by atoms with Crippen molar-refractivity contribution in [3.05, 3.63) is 29.3 Å². The Kier molecular flexibility index (Phi) is 5.41. The fourth-order valence-corrected chi connectivity index (χ4v) is 2.41. The number of aryl methyl sites for hydroxylation is 2. The number of aliphatic hydroxyl groups excluding tert-OH is 1. The van der Waals surface area contributed by atoms with Crippen LogP contribution in [0.15, 0.2) is 18.2 Å². The molecule has 0 aliphatic heterocycles. The lowest BCUT2D eigenvalue weighted by atomic mass is 10.1. The highest BCUT2D eigenvalue weighted by Gasteiger charge is 2.11. The predicted molar refractivity (Wildman–Crippen MR) is 77.9 cm³/mol. The van der Waals surface area contributed by atoms with Crippen LogP contribution >= 0.6 is 0 Å². The highest BCUT2D eigenvalue weighted by atomic mass is 16.5. The molecule has 110 valence electrons. The number of rotatable bonds is 7. The molecule has 2 rings (SSSR count). The largest absolute Gasteiger partial charge is 0.494 e. The third-order valence-electron chi connectivity index (χ3n) is 3.48. The first kappa shape index (κ1) is 14.9. The van der Waals surface area contributed by atoms with E-state index in [4.69, 9.17) is 9.84 Å². The number of amides is 1. The van der Waals surface area contributed by atoms with Crippen molar-refractivity contribution in [1.82, 2.24) is 5.32 Å². The standard InChI is InChI=1S/C16H23NO3/c1-12(18)11-17-16(19)6-3-9-20-15-8-7-13-4-2-5-14(13)10-15/h7-8,10,12,18H,2-6,9,11H2,1H3,(H,17,19). The van der Waals surface area contributed by atoms with Gasteiger partial charge in [-0.3, -0.25) is 4.79 Å². The summed E-state index contributed by atoms with van der Waals surface area (Å²) in [5.74, 6) is 0.860. The summed E-state index contributed by atoms with van der Waals surface area (Å²) in [5, 5.41) is 11.7. The van der Waals surface area contributed by atoms with Gasteiger partial charge in [0.15, 0.2) is 0 Å². The molecule has 1 unspecified atom stereocenters. The zero-order chi connectivity index (χ0) is 14.4. The highest BCUT2D eigenvalue weighted by Crippen LogP contribution is 2.26. The smallest absolute Gasteiger partial charge is 0.220 e. The molecule has 0 saturated heterocycles. The molecule has 0 saturated carbocycles. The van der Waals surface area contributed by atoms with Gasteiger partial charge in [0.2, 0.25) is 5.91 Å². The number of ether oxygens (including phenoxy) is 1. The second-order valence-electron chi connectivity index (χ2n) is 5.39. The van der Waals surface area contributed by atoms with E-state index in [2.05, 4.69) is 17.4 Å². The summed E-state index contributed by atoms with van der Waals surface area (Å²) in [4.78, 5) is 11.4.